The molecule has 1 aliphatic carbocycles. The number of carbonyl (C=O) groups excluding carboxylic acids is 2. The zero-order valence-electron chi connectivity index (χ0n) is 18.5. The highest BCUT2D eigenvalue weighted by Crippen LogP contribution is 2.28. The molecular weight excluding hydrogens is 396 g/mol. The van der Waals surface area contributed by atoms with Gasteiger partial charge in [-0.15, -0.1) is 0 Å². The predicted octanol–water partition coefficient (Wildman–Crippen LogP) is 2.41. The van der Waals surface area contributed by atoms with Crippen molar-refractivity contribution in [3.05, 3.63) is 23.8 Å². The van der Waals surface area contributed by atoms with Crippen LogP contribution in [0.2, 0.25) is 0 Å². The fourth-order valence-electron chi connectivity index (χ4n) is 4.18. The molecule has 0 bridgehead atoms. The molecule has 2 fully saturated rings. The Hall–Kier alpha value is -2.61. The van der Waals surface area contributed by atoms with Gasteiger partial charge in [0.1, 0.15) is 0 Å². The van der Waals surface area contributed by atoms with Crippen LogP contribution in [-0.4, -0.2) is 67.1 Å². The highest BCUT2D eigenvalue weighted by Gasteiger charge is 2.25. The summed E-state index contributed by atoms with van der Waals surface area (Å²) in [5, 5.41) is 15.4. The van der Waals surface area contributed by atoms with Crippen LogP contribution >= 0.6 is 0 Å². The van der Waals surface area contributed by atoms with E-state index in [1.54, 1.807) is 12.1 Å². The maximum Gasteiger partial charge on any atom is 0.337 e. The Bertz CT molecular complexity index is 797. The van der Waals surface area contributed by atoms with Gasteiger partial charge >= 0.3 is 5.97 Å². The number of hydrogen-bond donors (Lipinski definition) is 3. The topological polar surface area (TPSA) is 102 Å². The number of aromatic carboxylic acids is 1. The fraction of sp³-hybridized carbons (Fsp3) is 0.609. The standard InChI is InChI=1S/C23H34N4O4/c1-16(2)14-24-21(28)15-26-9-11-27(12-10-26)18-7-8-20(19(13-18)23(30)31)25-22(29)17-5-3-4-6-17/h7-8,13,16-17H,3-6,9-12,14-15H2,1-2H3,(H,24,28)(H,25,29)(H,30,31). The molecule has 2 aliphatic rings. The molecule has 0 atom stereocenters. The smallest absolute Gasteiger partial charge is 0.337 e. The van der Waals surface area contributed by atoms with Gasteiger partial charge < -0.3 is 20.6 Å². The lowest BCUT2D eigenvalue weighted by Gasteiger charge is -2.36. The van der Waals surface area contributed by atoms with Crippen molar-refractivity contribution in [2.75, 3.05) is 49.5 Å². The number of benzene rings is 1. The molecule has 0 spiro atoms. The van der Waals surface area contributed by atoms with E-state index in [2.05, 4.69) is 34.3 Å². The van der Waals surface area contributed by atoms with Crippen LogP contribution in [0.4, 0.5) is 11.4 Å². The van der Waals surface area contributed by atoms with Crippen LogP contribution in [0.1, 0.15) is 49.9 Å². The number of anilines is 2. The second kappa shape index (κ2) is 10.6. The molecule has 0 unspecified atom stereocenters. The molecule has 8 heteroatoms. The first-order chi connectivity index (χ1) is 14.8. The quantitative estimate of drug-likeness (QED) is 0.585. The summed E-state index contributed by atoms with van der Waals surface area (Å²) in [4.78, 5) is 40.5. The van der Waals surface area contributed by atoms with Gasteiger partial charge in [-0.05, 0) is 37.0 Å². The largest absolute Gasteiger partial charge is 0.478 e. The minimum atomic E-state index is -1.05. The number of nitrogens with zero attached hydrogens (tertiary/aromatic N) is 2. The molecule has 3 N–H and O–H groups in total. The Morgan fingerprint density at radius 1 is 1.10 bits per heavy atom. The summed E-state index contributed by atoms with van der Waals surface area (Å²) in [6, 6.07) is 5.19. The number of carboxylic acids is 1. The van der Waals surface area contributed by atoms with Crippen LogP contribution in [0.5, 0.6) is 0 Å². The maximum absolute atomic E-state index is 12.4. The van der Waals surface area contributed by atoms with E-state index in [0.717, 1.165) is 44.5 Å². The molecule has 170 valence electrons. The average molecular weight is 431 g/mol. The summed E-state index contributed by atoms with van der Waals surface area (Å²) in [7, 11) is 0. The number of carboxylic acid groups (broad SMARTS) is 1. The van der Waals surface area contributed by atoms with Gasteiger partial charge in [-0.3, -0.25) is 14.5 Å². The number of hydrogen-bond acceptors (Lipinski definition) is 5. The molecule has 1 heterocycles. The molecule has 8 nitrogen and oxygen atoms in total. The van der Waals surface area contributed by atoms with Crippen molar-refractivity contribution >= 4 is 29.2 Å². The number of amides is 2. The number of rotatable bonds is 8. The number of nitrogens with one attached hydrogen (secondary N) is 2. The number of carbonyl (C=O) groups is 3. The predicted molar refractivity (Wildman–Crippen MR) is 120 cm³/mol. The second-order valence-electron chi connectivity index (χ2n) is 8.97. The Morgan fingerprint density at radius 3 is 2.39 bits per heavy atom. The van der Waals surface area contributed by atoms with Crippen LogP contribution in [0, 0.1) is 11.8 Å². The van der Waals surface area contributed by atoms with Crippen LogP contribution in [0.3, 0.4) is 0 Å². The molecule has 1 aliphatic heterocycles. The molecular formula is C23H34N4O4. The molecule has 1 aromatic rings. The summed E-state index contributed by atoms with van der Waals surface area (Å²) in [6.07, 6.45) is 3.83. The van der Waals surface area contributed by atoms with Gasteiger partial charge in [-0.25, -0.2) is 4.79 Å². The molecule has 31 heavy (non-hydrogen) atoms. The van der Waals surface area contributed by atoms with Crippen molar-refractivity contribution in [3.8, 4) is 0 Å². The van der Waals surface area contributed by atoms with E-state index in [9.17, 15) is 19.5 Å². The van der Waals surface area contributed by atoms with Crippen LogP contribution in [0.15, 0.2) is 18.2 Å². The summed E-state index contributed by atoms with van der Waals surface area (Å²) >= 11 is 0. The third-order valence-corrected chi connectivity index (χ3v) is 6.03. The second-order valence-corrected chi connectivity index (χ2v) is 8.97. The van der Waals surface area contributed by atoms with E-state index in [1.165, 1.54) is 0 Å². The van der Waals surface area contributed by atoms with Gasteiger partial charge in [0.15, 0.2) is 0 Å². The first kappa shape index (κ1) is 23.1. The first-order valence-corrected chi connectivity index (χ1v) is 11.3. The average Bonchev–Trinajstić information content (AvgIpc) is 3.28. The van der Waals surface area contributed by atoms with E-state index < -0.39 is 5.97 Å². The van der Waals surface area contributed by atoms with E-state index in [1.807, 2.05) is 6.07 Å². The normalized spacial score (nSPS) is 17.7. The Kier molecular flexibility index (Phi) is 7.90. The van der Waals surface area contributed by atoms with Gasteiger partial charge in [0.2, 0.25) is 11.8 Å². The summed E-state index contributed by atoms with van der Waals surface area (Å²) < 4.78 is 0. The zero-order chi connectivity index (χ0) is 22.4. The Morgan fingerprint density at radius 2 is 1.77 bits per heavy atom. The monoisotopic (exact) mass is 430 g/mol. The molecule has 3 rings (SSSR count). The van der Waals surface area contributed by atoms with E-state index >= 15 is 0 Å². The maximum atomic E-state index is 12.4. The lowest BCUT2D eigenvalue weighted by atomic mass is 10.1. The van der Waals surface area contributed by atoms with Crippen molar-refractivity contribution in [2.24, 2.45) is 11.8 Å². The lowest BCUT2D eigenvalue weighted by molar-refractivity contribution is -0.122. The molecule has 1 aromatic carbocycles. The summed E-state index contributed by atoms with van der Waals surface area (Å²) in [5.41, 5.74) is 1.29. The molecule has 1 saturated heterocycles. The van der Waals surface area contributed by atoms with Crippen molar-refractivity contribution in [2.45, 2.75) is 39.5 Å². The zero-order valence-corrected chi connectivity index (χ0v) is 18.5. The minimum absolute atomic E-state index is 0.0212. The van der Waals surface area contributed by atoms with Crippen LogP contribution in [-0.2, 0) is 9.59 Å². The van der Waals surface area contributed by atoms with Gasteiger partial charge in [-0.2, -0.15) is 0 Å². The van der Waals surface area contributed by atoms with Crippen molar-refractivity contribution in [1.82, 2.24) is 10.2 Å². The van der Waals surface area contributed by atoms with Gasteiger partial charge in [0.05, 0.1) is 17.8 Å². The molecule has 1 saturated carbocycles. The fourth-order valence-corrected chi connectivity index (χ4v) is 4.18. The van der Waals surface area contributed by atoms with Crippen LogP contribution < -0.4 is 15.5 Å². The highest BCUT2D eigenvalue weighted by atomic mass is 16.4. The third kappa shape index (κ3) is 6.43. The van der Waals surface area contributed by atoms with Gasteiger partial charge in [-0.1, -0.05) is 26.7 Å². The van der Waals surface area contributed by atoms with E-state index in [-0.39, 0.29) is 23.3 Å². The third-order valence-electron chi connectivity index (χ3n) is 6.03. The molecule has 0 radical (unpaired) electrons. The van der Waals surface area contributed by atoms with Crippen molar-refractivity contribution in [1.29, 1.82) is 0 Å². The highest BCUT2D eigenvalue weighted by molar-refractivity contribution is 6.02. The Labute approximate surface area is 184 Å². The van der Waals surface area contributed by atoms with E-state index in [0.29, 0.717) is 37.8 Å². The minimum Gasteiger partial charge on any atom is -0.478 e. The lowest BCUT2D eigenvalue weighted by Crippen LogP contribution is -2.49. The summed E-state index contributed by atoms with van der Waals surface area (Å²) in [5.74, 6) is -0.693. The Balaban J connectivity index is 1.58. The first-order valence-electron chi connectivity index (χ1n) is 11.3. The number of piperazine rings is 1. The SMILES string of the molecule is CC(C)CNC(=O)CN1CCN(c2ccc(NC(=O)C3CCCC3)c(C(=O)O)c2)CC1. The summed E-state index contributed by atoms with van der Waals surface area (Å²) in [6.45, 7) is 8.09. The van der Waals surface area contributed by atoms with Crippen molar-refractivity contribution in [3.63, 3.8) is 0 Å². The van der Waals surface area contributed by atoms with Gasteiger partial charge in [0.25, 0.3) is 0 Å². The van der Waals surface area contributed by atoms with Gasteiger partial charge in [0, 0.05) is 44.3 Å². The molecule has 2 amide bonds. The van der Waals surface area contributed by atoms with Crippen molar-refractivity contribution < 1.29 is 19.5 Å². The van der Waals surface area contributed by atoms with E-state index in [4.69, 9.17) is 0 Å². The van der Waals surface area contributed by atoms with Crippen LogP contribution in [0.25, 0.3) is 0 Å². The molecule has 0 aromatic heterocycles.